The van der Waals surface area contributed by atoms with Crippen LogP contribution in [0.2, 0.25) is 0 Å². The Kier molecular flexibility index (Phi) is 2.95. The van der Waals surface area contributed by atoms with Crippen molar-refractivity contribution in [2.24, 2.45) is 5.92 Å². The molecular weight excluding hydrogens is 186 g/mol. The van der Waals surface area contributed by atoms with E-state index in [0.717, 1.165) is 24.0 Å². The summed E-state index contributed by atoms with van der Waals surface area (Å²) in [6.07, 6.45) is 10.5. The lowest BCUT2D eigenvalue weighted by molar-refractivity contribution is 0.0962. The molecule has 2 heteroatoms. The molecule has 1 aromatic heterocycles. The Labute approximate surface area is 90.0 Å². The van der Waals surface area contributed by atoms with Crippen LogP contribution in [0.4, 0.5) is 0 Å². The molecule has 0 atom stereocenters. The molecule has 1 aliphatic rings. The average molecular weight is 201 g/mol. The molecule has 2 rings (SSSR count). The van der Waals surface area contributed by atoms with Crippen molar-refractivity contribution in [1.82, 2.24) is 4.98 Å². The smallest absolute Gasteiger partial charge is 0.164 e. The van der Waals surface area contributed by atoms with Crippen LogP contribution < -0.4 is 0 Å². The highest BCUT2D eigenvalue weighted by atomic mass is 16.1. The fourth-order valence-electron chi connectivity index (χ4n) is 1.97. The first kappa shape index (κ1) is 10.1. The maximum absolute atomic E-state index is 12.0. The molecule has 0 aliphatic heterocycles. The Morgan fingerprint density at radius 3 is 2.87 bits per heavy atom. The van der Waals surface area contributed by atoms with E-state index in [2.05, 4.69) is 17.1 Å². The second-order valence-corrected chi connectivity index (χ2v) is 4.13. The van der Waals surface area contributed by atoms with Crippen molar-refractivity contribution in [2.75, 3.05) is 0 Å². The van der Waals surface area contributed by atoms with E-state index in [0.29, 0.717) is 12.3 Å². The maximum atomic E-state index is 12.0. The van der Waals surface area contributed by atoms with Crippen LogP contribution in [0.5, 0.6) is 0 Å². The zero-order chi connectivity index (χ0) is 10.7. The highest BCUT2D eigenvalue weighted by molar-refractivity contribution is 5.97. The number of Topliss-reactive ketones (excluding diaryl/α,β-unsaturated/α-hetero) is 1. The van der Waals surface area contributed by atoms with E-state index in [1.165, 1.54) is 0 Å². The van der Waals surface area contributed by atoms with E-state index in [1.807, 2.05) is 13.0 Å². The quantitative estimate of drug-likeness (QED) is 0.556. The Morgan fingerprint density at radius 2 is 2.20 bits per heavy atom. The van der Waals surface area contributed by atoms with E-state index in [1.54, 1.807) is 12.4 Å². The second kappa shape index (κ2) is 4.39. The molecule has 0 spiro atoms. The number of aryl methyl sites for hydroxylation is 1. The van der Waals surface area contributed by atoms with Gasteiger partial charge in [-0.3, -0.25) is 9.78 Å². The molecule has 0 radical (unpaired) electrons. The van der Waals surface area contributed by atoms with Crippen LogP contribution in [0.3, 0.4) is 0 Å². The third kappa shape index (κ3) is 2.32. The minimum Gasteiger partial charge on any atom is -0.294 e. The first-order valence-electron chi connectivity index (χ1n) is 5.36. The lowest BCUT2D eigenvalue weighted by Crippen LogP contribution is -2.08. The Morgan fingerprint density at radius 1 is 1.47 bits per heavy atom. The predicted octanol–water partition coefficient (Wildman–Crippen LogP) is 2.93. The summed E-state index contributed by atoms with van der Waals surface area (Å²) >= 11 is 0. The van der Waals surface area contributed by atoms with E-state index in [-0.39, 0.29) is 5.78 Å². The zero-order valence-electron chi connectivity index (χ0n) is 8.94. The first-order chi connectivity index (χ1) is 7.27. The molecule has 0 saturated carbocycles. The van der Waals surface area contributed by atoms with Crippen LogP contribution in [0.25, 0.3) is 0 Å². The number of carbonyl (C=O) groups is 1. The van der Waals surface area contributed by atoms with E-state index in [4.69, 9.17) is 0 Å². The molecule has 15 heavy (non-hydrogen) atoms. The number of hydrogen-bond donors (Lipinski definition) is 0. The number of hydrogen-bond acceptors (Lipinski definition) is 2. The maximum Gasteiger partial charge on any atom is 0.164 e. The van der Waals surface area contributed by atoms with Crippen molar-refractivity contribution in [3.63, 3.8) is 0 Å². The van der Waals surface area contributed by atoms with Gasteiger partial charge in [-0.2, -0.15) is 0 Å². The van der Waals surface area contributed by atoms with Gasteiger partial charge in [-0.25, -0.2) is 0 Å². The number of aromatic nitrogens is 1. The molecule has 0 amide bonds. The van der Waals surface area contributed by atoms with Crippen molar-refractivity contribution >= 4 is 5.78 Å². The summed E-state index contributed by atoms with van der Waals surface area (Å²) in [5.74, 6) is 0.742. The summed E-state index contributed by atoms with van der Waals surface area (Å²) in [7, 11) is 0. The van der Waals surface area contributed by atoms with Gasteiger partial charge in [0, 0.05) is 24.4 Å². The van der Waals surface area contributed by atoms with Crippen LogP contribution >= 0.6 is 0 Å². The highest BCUT2D eigenvalue weighted by Gasteiger charge is 2.17. The normalized spacial score (nSPS) is 15.8. The lowest BCUT2D eigenvalue weighted by Gasteiger charge is -2.08. The third-order valence-corrected chi connectivity index (χ3v) is 2.92. The van der Waals surface area contributed by atoms with E-state index >= 15 is 0 Å². The molecule has 0 unspecified atom stereocenters. The summed E-state index contributed by atoms with van der Waals surface area (Å²) in [5, 5.41) is 0. The number of allylic oxidation sites excluding steroid dienone is 2. The number of carbonyl (C=O) groups excluding carboxylic acids is 1. The fraction of sp³-hybridized carbons (Fsp3) is 0.385. The summed E-state index contributed by atoms with van der Waals surface area (Å²) in [4.78, 5) is 16.0. The third-order valence-electron chi connectivity index (χ3n) is 2.92. The molecule has 0 fully saturated rings. The van der Waals surface area contributed by atoms with Gasteiger partial charge in [-0.15, -0.1) is 0 Å². The Balaban J connectivity index is 2.05. The van der Waals surface area contributed by atoms with Gasteiger partial charge in [0.2, 0.25) is 0 Å². The minimum atomic E-state index is 0.231. The standard InChI is InChI=1S/C13H15NO/c1-10-6-7-14-9-12(10)13(15)8-11-4-2-3-5-11/h2-3,6-7,9,11H,4-5,8H2,1H3. The minimum absolute atomic E-state index is 0.231. The highest BCUT2D eigenvalue weighted by Crippen LogP contribution is 2.23. The van der Waals surface area contributed by atoms with Gasteiger partial charge in [0.1, 0.15) is 0 Å². The van der Waals surface area contributed by atoms with Gasteiger partial charge in [-0.1, -0.05) is 12.2 Å². The van der Waals surface area contributed by atoms with Crippen molar-refractivity contribution in [3.05, 3.63) is 41.7 Å². The monoisotopic (exact) mass is 201 g/mol. The summed E-state index contributed by atoms with van der Waals surface area (Å²) < 4.78 is 0. The van der Waals surface area contributed by atoms with Gasteiger partial charge < -0.3 is 0 Å². The molecular formula is C13H15NO. The average Bonchev–Trinajstić information content (AvgIpc) is 2.71. The van der Waals surface area contributed by atoms with Crippen LogP contribution in [0.1, 0.15) is 35.2 Å². The summed E-state index contributed by atoms with van der Waals surface area (Å²) in [6.45, 7) is 1.96. The molecule has 0 aromatic carbocycles. The molecule has 0 saturated heterocycles. The van der Waals surface area contributed by atoms with Gasteiger partial charge in [0.15, 0.2) is 5.78 Å². The molecule has 0 bridgehead atoms. The largest absolute Gasteiger partial charge is 0.294 e. The summed E-state index contributed by atoms with van der Waals surface area (Å²) in [5.41, 5.74) is 1.81. The zero-order valence-corrected chi connectivity index (χ0v) is 8.94. The van der Waals surface area contributed by atoms with Crippen molar-refractivity contribution < 1.29 is 4.79 Å². The van der Waals surface area contributed by atoms with Crippen molar-refractivity contribution in [2.45, 2.75) is 26.2 Å². The molecule has 1 heterocycles. The van der Waals surface area contributed by atoms with E-state index in [9.17, 15) is 4.79 Å². The van der Waals surface area contributed by atoms with E-state index < -0.39 is 0 Å². The Hall–Kier alpha value is -1.44. The van der Waals surface area contributed by atoms with Crippen LogP contribution in [0.15, 0.2) is 30.6 Å². The lowest BCUT2D eigenvalue weighted by atomic mass is 9.95. The summed E-state index contributed by atoms with van der Waals surface area (Å²) in [6, 6.07) is 1.89. The van der Waals surface area contributed by atoms with Crippen LogP contribution in [-0.2, 0) is 0 Å². The number of rotatable bonds is 3. The number of pyridine rings is 1. The van der Waals surface area contributed by atoms with Crippen molar-refractivity contribution in [3.8, 4) is 0 Å². The second-order valence-electron chi connectivity index (χ2n) is 4.13. The van der Waals surface area contributed by atoms with Gasteiger partial charge in [0.25, 0.3) is 0 Å². The van der Waals surface area contributed by atoms with Gasteiger partial charge >= 0.3 is 0 Å². The molecule has 1 aliphatic carbocycles. The van der Waals surface area contributed by atoms with Crippen LogP contribution in [-0.4, -0.2) is 10.8 Å². The molecule has 2 nitrogen and oxygen atoms in total. The number of nitrogens with zero attached hydrogens (tertiary/aromatic N) is 1. The number of ketones is 1. The Bertz CT molecular complexity index is 387. The predicted molar refractivity (Wildman–Crippen MR) is 59.8 cm³/mol. The molecule has 1 aromatic rings. The SMILES string of the molecule is Cc1ccncc1C(=O)CC1CC=CC1. The molecule has 0 N–H and O–H groups in total. The fourth-order valence-corrected chi connectivity index (χ4v) is 1.97. The van der Waals surface area contributed by atoms with Gasteiger partial charge in [0.05, 0.1) is 0 Å². The first-order valence-corrected chi connectivity index (χ1v) is 5.36. The topological polar surface area (TPSA) is 30.0 Å². The van der Waals surface area contributed by atoms with Gasteiger partial charge in [-0.05, 0) is 37.3 Å². The van der Waals surface area contributed by atoms with Crippen molar-refractivity contribution in [1.29, 1.82) is 0 Å². The van der Waals surface area contributed by atoms with Crippen LogP contribution in [0, 0.1) is 12.8 Å². The molecule has 78 valence electrons.